The van der Waals surface area contributed by atoms with Crippen molar-refractivity contribution in [3.05, 3.63) is 71.8 Å². The van der Waals surface area contributed by atoms with E-state index in [0.717, 1.165) is 11.1 Å². The van der Waals surface area contributed by atoms with Gasteiger partial charge in [0.05, 0.1) is 13.2 Å². The maximum atomic E-state index is 11.5. The van der Waals surface area contributed by atoms with Crippen molar-refractivity contribution in [2.24, 2.45) is 5.73 Å². The first-order chi connectivity index (χ1) is 12.1. The fourth-order valence-corrected chi connectivity index (χ4v) is 2.38. The molecule has 5 heteroatoms. The van der Waals surface area contributed by atoms with Crippen LogP contribution in [0.1, 0.15) is 24.0 Å². The van der Waals surface area contributed by atoms with Crippen LogP contribution in [0.15, 0.2) is 60.7 Å². The molecule has 0 saturated carbocycles. The number of carboxylic acids is 1. The largest absolute Gasteiger partial charge is 0.480 e. The second-order valence-electron chi connectivity index (χ2n) is 6.04. The van der Waals surface area contributed by atoms with E-state index >= 15 is 0 Å². The maximum Gasteiger partial charge on any atom is 0.323 e. The lowest BCUT2D eigenvalue weighted by molar-refractivity contribution is -0.145. The molecule has 2 aromatic carbocycles. The summed E-state index contributed by atoms with van der Waals surface area (Å²) in [6.45, 7) is 1.47. The monoisotopic (exact) mass is 343 g/mol. The van der Waals surface area contributed by atoms with Crippen LogP contribution in [0.5, 0.6) is 0 Å². The van der Waals surface area contributed by atoms with Gasteiger partial charge in [0.15, 0.2) is 0 Å². The summed E-state index contributed by atoms with van der Waals surface area (Å²) in [4.78, 5) is 11.5. The van der Waals surface area contributed by atoms with Gasteiger partial charge in [0, 0.05) is 13.2 Å². The second-order valence-corrected chi connectivity index (χ2v) is 6.04. The first-order valence-corrected chi connectivity index (χ1v) is 8.36. The van der Waals surface area contributed by atoms with Gasteiger partial charge in [-0.3, -0.25) is 4.79 Å². The molecule has 0 amide bonds. The Kier molecular flexibility index (Phi) is 7.60. The van der Waals surface area contributed by atoms with Gasteiger partial charge in [-0.25, -0.2) is 0 Å². The number of aliphatic carboxylic acids is 1. The second kappa shape index (κ2) is 9.93. The van der Waals surface area contributed by atoms with Gasteiger partial charge in [-0.2, -0.15) is 0 Å². The van der Waals surface area contributed by atoms with Gasteiger partial charge in [0.2, 0.25) is 0 Å². The molecule has 2 aromatic rings. The Bertz CT molecular complexity index is 583. The Balaban J connectivity index is 1.70. The summed E-state index contributed by atoms with van der Waals surface area (Å²) in [5.41, 5.74) is 6.80. The third-order valence-electron chi connectivity index (χ3n) is 4.03. The highest BCUT2D eigenvalue weighted by molar-refractivity contribution is 5.78. The molecule has 0 aliphatic rings. The highest BCUT2D eigenvalue weighted by Crippen LogP contribution is 2.14. The van der Waals surface area contributed by atoms with E-state index in [2.05, 4.69) is 0 Å². The minimum absolute atomic E-state index is 0.240. The van der Waals surface area contributed by atoms with Gasteiger partial charge >= 0.3 is 5.97 Å². The maximum absolute atomic E-state index is 11.5. The molecule has 2 rings (SSSR count). The molecule has 0 unspecified atom stereocenters. The molecule has 134 valence electrons. The fraction of sp³-hybridized carbons (Fsp3) is 0.350. The highest BCUT2D eigenvalue weighted by atomic mass is 16.5. The van der Waals surface area contributed by atoms with Crippen molar-refractivity contribution in [1.82, 2.24) is 0 Å². The minimum Gasteiger partial charge on any atom is -0.480 e. The zero-order valence-electron chi connectivity index (χ0n) is 14.3. The van der Waals surface area contributed by atoms with E-state index in [4.69, 9.17) is 15.2 Å². The molecule has 0 atom stereocenters. The molecule has 0 saturated heterocycles. The molecule has 0 aromatic heterocycles. The van der Waals surface area contributed by atoms with E-state index < -0.39 is 11.5 Å². The van der Waals surface area contributed by atoms with Crippen LogP contribution in [0.3, 0.4) is 0 Å². The normalized spacial score (nSPS) is 11.4. The third-order valence-corrected chi connectivity index (χ3v) is 4.03. The molecule has 0 fully saturated rings. The Morgan fingerprint density at radius 2 is 1.24 bits per heavy atom. The van der Waals surface area contributed by atoms with Crippen molar-refractivity contribution in [2.45, 2.75) is 31.6 Å². The third kappa shape index (κ3) is 6.66. The molecule has 0 heterocycles. The van der Waals surface area contributed by atoms with E-state index in [0.29, 0.717) is 13.2 Å². The summed E-state index contributed by atoms with van der Waals surface area (Å²) < 4.78 is 11.1. The average molecular weight is 343 g/mol. The Labute approximate surface area is 148 Å². The molecule has 5 nitrogen and oxygen atoms in total. The lowest BCUT2D eigenvalue weighted by atomic mass is 9.93. The van der Waals surface area contributed by atoms with Gasteiger partial charge in [0.1, 0.15) is 5.54 Å². The topological polar surface area (TPSA) is 81.8 Å². The van der Waals surface area contributed by atoms with Crippen molar-refractivity contribution in [3.63, 3.8) is 0 Å². The summed E-state index contributed by atoms with van der Waals surface area (Å²) in [7, 11) is 0. The molecule has 25 heavy (non-hydrogen) atoms. The molecule has 0 aliphatic carbocycles. The standard InChI is InChI=1S/C20H25NO4/c21-20(19(22)23,11-13-24-15-17-7-3-1-4-8-17)12-14-25-16-18-9-5-2-6-10-18/h1-10H,11-16,21H2,(H,22,23). The van der Waals surface area contributed by atoms with Crippen LogP contribution in [0, 0.1) is 0 Å². The number of hydrogen-bond acceptors (Lipinski definition) is 4. The van der Waals surface area contributed by atoms with Gasteiger partial charge in [-0.1, -0.05) is 60.7 Å². The van der Waals surface area contributed by atoms with E-state index in [-0.39, 0.29) is 26.1 Å². The van der Waals surface area contributed by atoms with Crippen molar-refractivity contribution in [3.8, 4) is 0 Å². The van der Waals surface area contributed by atoms with Crippen LogP contribution in [0.2, 0.25) is 0 Å². The summed E-state index contributed by atoms with van der Waals surface area (Å²) in [5, 5.41) is 9.43. The van der Waals surface area contributed by atoms with Crippen LogP contribution in [-0.4, -0.2) is 29.8 Å². The number of hydrogen-bond donors (Lipinski definition) is 2. The predicted molar refractivity (Wildman–Crippen MR) is 96.0 cm³/mol. The molecule has 0 aliphatic heterocycles. The number of nitrogens with two attached hydrogens (primary N) is 1. The zero-order chi connectivity index (χ0) is 18.0. The summed E-state index contributed by atoms with van der Waals surface area (Å²) in [6.07, 6.45) is 0.480. The van der Waals surface area contributed by atoms with E-state index in [1.54, 1.807) is 0 Å². The molecule has 0 radical (unpaired) electrons. The first kappa shape index (κ1) is 19.1. The minimum atomic E-state index is -1.34. The van der Waals surface area contributed by atoms with Crippen molar-refractivity contribution in [1.29, 1.82) is 0 Å². The lowest BCUT2D eigenvalue weighted by Gasteiger charge is -2.24. The van der Waals surface area contributed by atoms with Gasteiger partial charge in [-0.15, -0.1) is 0 Å². The number of ether oxygens (including phenoxy) is 2. The number of carbonyl (C=O) groups is 1. The van der Waals surface area contributed by atoms with E-state index in [1.165, 1.54) is 0 Å². The lowest BCUT2D eigenvalue weighted by Crippen LogP contribution is -2.49. The van der Waals surface area contributed by atoms with E-state index in [1.807, 2.05) is 60.7 Å². The summed E-state index contributed by atoms with van der Waals surface area (Å²) >= 11 is 0. The number of benzene rings is 2. The van der Waals surface area contributed by atoms with Crippen LogP contribution < -0.4 is 5.73 Å². The molecular weight excluding hydrogens is 318 g/mol. The molecular formula is C20H25NO4. The van der Waals surface area contributed by atoms with Crippen LogP contribution in [-0.2, 0) is 27.5 Å². The SMILES string of the molecule is NC(CCOCc1ccccc1)(CCOCc1ccccc1)C(=O)O. The van der Waals surface area contributed by atoms with E-state index in [9.17, 15) is 9.90 Å². The van der Waals surface area contributed by atoms with Crippen LogP contribution in [0.4, 0.5) is 0 Å². The quantitative estimate of drug-likeness (QED) is 0.613. The average Bonchev–Trinajstić information content (AvgIpc) is 2.64. The summed E-state index contributed by atoms with van der Waals surface area (Å²) in [5.74, 6) is -1.03. The highest BCUT2D eigenvalue weighted by Gasteiger charge is 2.33. The van der Waals surface area contributed by atoms with Gasteiger partial charge in [0.25, 0.3) is 0 Å². The van der Waals surface area contributed by atoms with Crippen LogP contribution >= 0.6 is 0 Å². The fourth-order valence-electron chi connectivity index (χ4n) is 2.38. The van der Waals surface area contributed by atoms with Crippen molar-refractivity contribution >= 4 is 5.97 Å². The van der Waals surface area contributed by atoms with Gasteiger partial charge in [-0.05, 0) is 24.0 Å². The van der Waals surface area contributed by atoms with Crippen LogP contribution in [0.25, 0.3) is 0 Å². The zero-order valence-corrected chi connectivity index (χ0v) is 14.3. The summed E-state index contributed by atoms with van der Waals surface area (Å²) in [6, 6.07) is 19.5. The Morgan fingerprint density at radius 1 is 0.840 bits per heavy atom. The molecule has 0 bridgehead atoms. The van der Waals surface area contributed by atoms with Gasteiger partial charge < -0.3 is 20.3 Å². The first-order valence-electron chi connectivity index (χ1n) is 8.36. The Morgan fingerprint density at radius 3 is 1.60 bits per heavy atom. The molecule has 3 N–H and O–H groups in total. The smallest absolute Gasteiger partial charge is 0.323 e. The van der Waals surface area contributed by atoms with Crippen molar-refractivity contribution in [2.75, 3.05) is 13.2 Å². The predicted octanol–water partition coefficient (Wildman–Crippen LogP) is 2.98. The molecule has 0 spiro atoms. The Hall–Kier alpha value is -2.21. The number of carboxylic acid groups (broad SMARTS) is 1. The van der Waals surface area contributed by atoms with Crippen molar-refractivity contribution < 1.29 is 19.4 Å². The number of rotatable bonds is 11.